The molecule has 0 bridgehead atoms. The molecule has 4 rings (SSSR count). The van der Waals surface area contributed by atoms with E-state index in [1.54, 1.807) is 12.1 Å². The maximum absolute atomic E-state index is 12.2. The first-order chi connectivity index (χ1) is 12.2. The molecular weight excluding hydrogens is 354 g/mol. The number of nitrogens with zero attached hydrogens (tertiary/aromatic N) is 1. The molecule has 1 saturated heterocycles. The fourth-order valence-electron chi connectivity index (χ4n) is 3.04. The van der Waals surface area contributed by atoms with Gasteiger partial charge in [0.25, 0.3) is 0 Å². The molecule has 0 saturated carbocycles. The molecule has 0 spiro atoms. The number of aliphatic hydroxyl groups is 1. The number of aromatic nitrogens is 1. The van der Waals surface area contributed by atoms with Crippen LogP contribution in [0.5, 0.6) is 0 Å². The summed E-state index contributed by atoms with van der Waals surface area (Å²) in [5.41, 5.74) is 3.19. The molecule has 1 amide bonds. The highest BCUT2D eigenvalue weighted by molar-refractivity contribution is 5.96. The topological polar surface area (TPSA) is 87.4 Å². The molecule has 1 aromatic heterocycles. The van der Waals surface area contributed by atoms with Crippen LogP contribution < -0.4 is 10.6 Å². The van der Waals surface area contributed by atoms with E-state index >= 15 is 0 Å². The number of anilines is 1. The lowest BCUT2D eigenvalue weighted by atomic mass is 10.1. The fraction of sp³-hybridized carbons (Fsp3) is 0.263. The van der Waals surface area contributed by atoms with Crippen LogP contribution in [0.2, 0.25) is 0 Å². The molecule has 3 aromatic rings. The van der Waals surface area contributed by atoms with Crippen molar-refractivity contribution in [3.8, 4) is 0 Å². The number of amides is 1. The van der Waals surface area contributed by atoms with Crippen LogP contribution in [0.4, 0.5) is 5.69 Å². The van der Waals surface area contributed by atoms with E-state index in [4.69, 9.17) is 4.42 Å². The van der Waals surface area contributed by atoms with Crippen molar-refractivity contribution in [3.63, 3.8) is 0 Å². The van der Waals surface area contributed by atoms with Crippen LogP contribution in [0.15, 0.2) is 52.9 Å². The Morgan fingerprint density at radius 2 is 2.08 bits per heavy atom. The summed E-state index contributed by atoms with van der Waals surface area (Å²) >= 11 is 0. The minimum absolute atomic E-state index is 0. The molecule has 26 heavy (non-hydrogen) atoms. The van der Waals surface area contributed by atoms with Crippen LogP contribution in [0, 0.1) is 0 Å². The maximum atomic E-state index is 12.2. The van der Waals surface area contributed by atoms with Gasteiger partial charge in [0.1, 0.15) is 5.52 Å². The van der Waals surface area contributed by atoms with Crippen molar-refractivity contribution in [1.29, 1.82) is 0 Å². The number of nitrogens with one attached hydrogen (secondary N) is 2. The molecule has 7 heteroatoms. The Morgan fingerprint density at radius 1 is 1.27 bits per heavy atom. The monoisotopic (exact) mass is 373 g/mol. The minimum Gasteiger partial charge on any atom is -0.440 e. The zero-order valence-corrected chi connectivity index (χ0v) is 14.8. The number of oxazole rings is 1. The van der Waals surface area contributed by atoms with Gasteiger partial charge in [-0.15, -0.1) is 12.4 Å². The van der Waals surface area contributed by atoms with Crippen LogP contribution in [0.1, 0.15) is 17.9 Å². The lowest BCUT2D eigenvalue weighted by Gasteiger charge is -2.10. The number of benzene rings is 2. The van der Waals surface area contributed by atoms with Gasteiger partial charge in [-0.1, -0.05) is 30.3 Å². The summed E-state index contributed by atoms with van der Waals surface area (Å²) in [6, 6.07) is 15.1. The summed E-state index contributed by atoms with van der Waals surface area (Å²) in [6.07, 6.45) is 0.589. The van der Waals surface area contributed by atoms with Crippen molar-refractivity contribution in [1.82, 2.24) is 10.3 Å². The molecule has 0 aliphatic carbocycles. The molecule has 136 valence electrons. The lowest BCUT2D eigenvalue weighted by Crippen LogP contribution is -2.35. The normalized spacial score (nSPS) is 19.3. The summed E-state index contributed by atoms with van der Waals surface area (Å²) in [4.78, 5) is 16.7. The predicted octanol–water partition coefficient (Wildman–Crippen LogP) is 2.50. The molecular formula is C19H20ClN3O3. The number of hydrogen-bond acceptors (Lipinski definition) is 5. The summed E-state index contributed by atoms with van der Waals surface area (Å²) < 4.78 is 5.82. The summed E-state index contributed by atoms with van der Waals surface area (Å²) in [5.74, 6) is 0.491. The van der Waals surface area contributed by atoms with Crippen molar-refractivity contribution in [2.24, 2.45) is 0 Å². The van der Waals surface area contributed by atoms with Crippen LogP contribution in [-0.2, 0) is 11.2 Å². The van der Waals surface area contributed by atoms with E-state index in [1.165, 1.54) is 0 Å². The lowest BCUT2D eigenvalue weighted by molar-refractivity contribution is -0.117. The van der Waals surface area contributed by atoms with Crippen LogP contribution in [0.3, 0.4) is 0 Å². The van der Waals surface area contributed by atoms with E-state index in [0.717, 1.165) is 11.1 Å². The highest BCUT2D eigenvalue weighted by Gasteiger charge is 2.28. The average Bonchev–Trinajstić information content (AvgIpc) is 3.21. The molecule has 1 aliphatic heterocycles. The van der Waals surface area contributed by atoms with Gasteiger partial charge in [0.15, 0.2) is 11.5 Å². The standard InChI is InChI=1S/C19H19N3O3.ClH/c23-14-10-16(20-11-14)19(24)21-13-6-7-15-17(9-13)25-18(22-15)8-12-4-2-1-3-5-12;/h1-7,9,14,16,20,23H,8,10-11H2,(H,21,24);1H. The Bertz CT molecular complexity index is 897. The Hall–Kier alpha value is -2.41. The molecule has 2 unspecified atom stereocenters. The van der Waals surface area contributed by atoms with Gasteiger partial charge in [-0.3, -0.25) is 4.79 Å². The van der Waals surface area contributed by atoms with Crippen molar-refractivity contribution in [2.45, 2.75) is 25.0 Å². The zero-order valence-electron chi connectivity index (χ0n) is 14.0. The predicted molar refractivity (Wildman–Crippen MR) is 102 cm³/mol. The van der Waals surface area contributed by atoms with Gasteiger partial charge >= 0.3 is 0 Å². The quantitative estimate of drug-likeness (QED) is 0.654. The average molecular weight is 374 g/mol. The van der Waals surface area contributed by atoms with Crippen LogP contribution in [-0.4, -0.2) is 34.7 Å². The Balaban J connectivity index is 0.00000196. The molecule has 2 atom stereocenters. The highest BCUT2D eigenvalue weighted by Crippen LogP contribution is 2.22. The number of rotatable bonds is 4. The fourth-order valence-corrected chi connectivity index (χ4v) is 3.04. The number of fused-ring (bicyclic) bond motifs is 1. The molecule has 6 nitrogen and oxygen atoms in total. The van der Waals surface area contributed by atoms with Crippen molar-refractivity contribution in [2.75, 3.05) is 11.9 Å². The molecule has 2 aromatic carbocycles. The molecule has 3 N–H and O–H groups in total. The van der Waals surface area contributed by atoms with Gasteiger partial charge < -0.3 is 20.2 Å². The van der Waals surface area contributed by atoms with E-state index in [1.807, 2.05) is 36.4 Å². The van der Waals surface area contributed by atoms with E-state index in [-0.39, 0.29) is 24.4 Å². The van der Waals surface area contributed by atoms with E-state index < -0.39 is 6.10 Å². The maximum Gasteiger partial charge on any atom is 0.241 e. The summed E-state index contributed by atoms with van der Waals surface area (Å²) in [6.45, 7) is 0.446. The third-order valence-electron chi connectivity index (χ3n) is 4.32. The van der Waals surface area contributed by atoms with Gasteiger partial charge in [-0.05, 0) is 24.1 Å². The van der Waals surface area contributed by atoms with E-state index in [2.05, 4.69) is 15.6 Å². The third kappa shape index (κ3) is 4.04. The minimum atomic E-state index is -0.465. The van der Waals surface area contributed by atoms with Crippen LogP contribution in [0.25, 0.3) is 11.1 Å². The first-order valence-corrected chi connectivity index (χ1v) is 8.33. The van der Waals surface area contributed by atoms with Crippen molar-refractivity contribution in [3.05, 3.63) is 60.0 Å². The van der Waals surface area contributed by atoms with Gasteiger partial charge in [-0.2, -0.15) is 0 Å². The first-order valence-electron chi connectivity index (χ1n) is 8.33. The molecule has 1 fully saturated rings. The molecule has 0 radical (unpaired) electrons. The van der Waals surface area contributed by atoms with Gasteiger partial charge in [0.05, 0.1) is 12.1 Å². The number of carbonyl (C=O) groups is 1. The number of halogens is 1. The second-order valence-electron chi connectivity index (χ2n) is 6.29. The molecule has 2 heterocycles. The Labute approximate surface area is 157 Å². The van der Waals surface area contributed by atoms with Gasteiger partial charge in [-0.25, -0.2) is 4.98 Å². The zero-order chi connectivity index (χ0) is 17.2. The SMILES string of the molecule is Cl.O=C(Nc1ccc2nc(Cc3ccccc3)oc2c1)C1CC(O)CN1. The Kier molecular flexibility index (Phi) is 5.56. The summed E-state index contributed by atoms with van der Waals surface area (Å²) in [7, 11) is 0. The number of aliphatic hydroxyl groups excluding tert-OH is 1. The third-order valence-corrected chi connectivity index (χ3v) is 4.32. The number of β-amino-alcohol motifs (C(OH)–C–C–N with tert-alkyl or cyclic N) is 1. The largest absolute Gasteiger partial charge is 0.440 e. The van der Waals surface area contributed by atoms with Crippen molar-refractivity contribution < 1.29 is 14.3 Å². The van der Waals surface area contributed by atoms with Gasteiger partial charge in [0.2, 0.25) is 5.91 Å². The molecule has 1 aliphatic rings. The number of carbonyl (C=O) groups excluding carboxylic acids is 1. The second kappa shape index (κ2) is 7.86. The summed E-state index contributed by atoms with van der Waals surface area (Å²) in [5, 5.41) is 15.4. The smallest absolute Gasteiger partial charge is 0.241 e. The van der Waals surface area contributed by atoms with Crippen LogP contribution >= 0.6 is 12.4 Å². The number of hydrogen-bond donors (Lipinski definition) is 3. The second-order valence-corrected chi connectivity index (χ2v) is 6.29. The van der Waals surface area contributed by atoms with E-state index in [9.17, 15) is 9.90 Å². The van der Waals surface area contributed by atoms with Crippen molar-refractivity contribution >= 4 is 35.1 Å². The first kappa shape index (κ1) is 18.4. The Morgan fingerprint density at radius 3 is 2.81 bits per heavy atom. The van der Waals surface area contributed by atoms with E-state index in [0.29, 0.717) is 36.5 Å². The van der Waals surface area contributed by atoms with Gasteiger partial charge in [0, 0.05) is 24.7 Å². The highest BCUT2D eigenvalue weighted by atomic mass is 35.5.